The molecule has 7 nitrogen and oxygen atoms in total. The van der Waals surface area contributed by atoms with Crippen molar-refractivity contribution < 1.29 is 34.4 Å². The summed E-state index contributed by atoms with van der Waals surface area (Å²) in [6, 6.07) is 0. The molecule has 3 saturated carbocycles. The smallest absolute Gasteiger partial charge is 0.332 e. The van der Waals surface area contributed by atoms with Gasteiger partial charge in [-0.05, 0) is 68.3 Å². The number of aliphatic hydroxyl groups excluding tert-OH is 3. The summed E-state index contributed by atoms with van der Waals surface area (Å²) in [5, 5.41) is 30.6. The van der Waals surface area contributed by atoms with Gasteiger partial charge in [0.15, 0.2) is 11.6 Å². The van der Waals surface area contributed by atoms with E-state index in [0.29, 0.717) is 12.8 Å². The van der Waals surface area contributed by atoms with E-state index >= 15 is 0 Å². The number of fused-ring (bicyclic) bond motifs is 5. The van der Waals surface area contributed by atoms with Gasteiger partial charge in [-0.2, -0.15) is 0 Å². The minimum atomic E-state index is -0.809. The number of aliphatic hydroxyl groups is 3. The van der Waals surface area contributed by atoms with Gasteiger partial charge in [0.05, 0.1) is 6.10 Å². The molecule has 4 rings (SSSR count). The van der Waals surface area contributed by atoms with E-state index in [1.807, 2.05) is 6.92 Å². The average molecular weight is 418 g/mol. The average Bonchev–Trinajstić information content (AvgIpc) is 3.05. The summed E-state index contributed by atoms with van der Waals surface area (Å²) >= 11 is 0. The van der Waals surface area contributed by atoms with Gasteiger partial charge in [0.25, 0.3) is 0 Å². The monoisotopic (exact) mass is 418 g/mol. The Morgan fingerprint density at radius 3 is 2.60 bits per heavy atom. The summed E-state index contributed by atoms with van der Waals surface area (Å²) in [6.45, 7) is 2.98. The van der Waals surface area contributed by atoms with Crippen molar-refractivity contribution in [1.82, 2.24) is 0 Å². The van der Waals surface area contributed by atoms with Crippen LogP contribution in [0.1, 0.15) is 46.0 Å². The molecule has 30 heavy (non-hydrogen) atoms. The second kappa shape index (κ2) is 7.31. The molecular weight excluding hydrogens is 388 g/mol. The van der Waals surface area contributed by atoms with E-state index in [9.17, 15) is 24.6 Å². The number of rotatable bonds is 4. The summed E-state index contributed by atoms with van der Waals surface area (Å²) in [7, 11) is 0. The summed E-state index contributed by atoms with van der Waals surface area (Å²) in [5.74, 6) is -1.34. The molecule has 0 spiro atoms. The Bertz CT molecular complexity index is 842. The molecule has 0 aliphatic heterocycles. The van der Waals surface area contributed by atoms with Gasteiger partial charge < -0.3 is 20.1 Å². The molecule has 0 bridgehead atoms. The SMILES string of the molecule is C[C@]12C(O)=CC(=O)C=C1CC(O)[C@@H]1[C@@H]2CC[C@]2(C)[C@@H](C(=O)COC(=O)CO)CC[C@@H]12. The fourth-order valence-electron chi connectivity index (χ4n) is 7.10. The zero-order valence-corrected chi connectivity index (χ0v) is 17.5. The maximum absolute atomic E-state index is 12.8. The number of ether oxygens (including phenoxy) is 1. The second-order valence-corrected chi connectivity index (χ2v) is 9.83. The van der Waals surface area contributed by atoms with Crippen molar-refractivity contribution in [2.45, 2.75) is 52.1 Å². The lowest BCUT2D eigenvalue weighted by atomic mass is 9.46. The maximum Gasteiger partial charge on any atom is 0.332 e. The van der Waals surface area contributed by atoms with Gasteiger partial charge in [0.1, 0.15) is 19.0 Å². The molecule has 0 amide bonds. The number of allylic oxidation sites excluding steroid dienone is 3. The molecule has 3 N–H and O–H groups in total. The van der Waals surface area contributed by atoms with Crippen LogP contribution in [0.5, 0.6) is 0 Å². The third-order valence-corrected chi connectivity index (χ3v) is 8.64. The molecule has 164 valence electrons. The Hall–Kier alpha value is -1.99. The largest absolute Gasteiger partial charge is 0.511 e. The van der Waals surface area contributed by atoms with E-state index in [0.717, 1.165) is 24.8 Å². The van der Waals surface area contributed by atoms with Crippen molar-refractivity contribution in [1.29, 1.82) is 0 Å². The molecule has 0 saturated heterocycles. The van der Waals surface area contributed by atoms with Crippen molar-refractivity contribution >= 4 is 17.5 Å². The third kappa shape index (κ3) is 2.97. The Morgan fingerprint density at radius 1 is 1.17 bits per heavy atom. The lowest BCUT2D eigenvalue weighted by Crippen LogP contribution is -2.56. The van der Waals surface area contributed by atoms with Crippen LogP contribution in [-0.2, 0) is 19.1 Å². The first kappa shape index (κ1) is 21.2. The zero-order valence-electron chi connectivity index (χ0n) is 17.5. The first-order valence-electron chi connectivity index (χ1n) is 10.8. The second-order valence-electron chi connectivity index (χ2n) is 9.83. The van der Waals surface area contributed by atoms with Gasteiger partial charge in [-0.25, -0.2) is 4.79 Å². The molecule has 4 aliphatic carbocycles. The highest BCUT2D eigenvalue weighted by Crippen LogP contribution is 2.66. The lowest BCUT2D eigenvalue weighted by molar-refractivity contribution is -0.154. The number of Topliss-reactive ketones (excluding diaryl/α,β-unsaturated/α-hetero) is 1. The van der Waals surface area contributed by atoms with Crippen LogP contribution < -0.4 is 0 Å². The fraction of sp³-hybridized carbons (Fsp3) is 0.696. The van der Waals surface area contributed by atoms with Gasteiger partial charge in [-0.15, -0.1) is 0 Å². The summed E-state index contributed by atoms with van der Waals surface area (Å²) in [6.07, 6.45) is 5.53. The van der Waals surface area contributed by atoms with Crippen molar-refractivity contribution in [2.75, 3.05) is 13.2 Å². The normalized spacial score (nSPS) is 42.4. The highest BCUT2D eigenvalue weighted by Gasteiger charge is 2.63. The van der Waals surface area contributed by atoms with Crippen molar-refractivity contribution in [3.05, 3.63) is 23.5 Å². The minimum Gasteiger partial charge on any atom is -0.511 e. The van der Waals surface area contributed by atoms with Crippen molar-refractivity contribution in [3.63, 3.8) is 0 Å². The molecule has 0 radical (unpaired) electrons. The van der Waals surface area contributed by atoms with E-state index < -0.39 is 24.1 Å². The Morgan fingerprint density at radius 2 is 1.90 bits per heavy atom. The van der Waals surface area contributed by atoms with E-state index in [4.69, 9.17) is 9.84 Å². The molecule has 7 atom stereocenters. The standard InChI is InChI=1S/C23H30O7/c1-22-6-5-16-21(15(22)4-3-14(22)18(27)11-30-20(29)10-24)17(26)8-12-7-13(25)9-19(28)23(12,16)2/h7,9,14-17,21,24,26,28H,3-6,8,10-11H2,1-2H3/t14-,15+,16+,17?,21+,22-,23+/m1/s1. The van der Waals surface area contributed by atoms with Crippen molar-refractivity contribution in [2.24, 2.45) is 34.5 Å². The molecule has 3 fully saturated rings. The third-order valence-electron chi connectivity index (χ3n) is 8.64. The molecule has 0 aromatic rings. The highest BCUT2D eigenvalue weighted by molar-refractivity contribution is 6.01. The first-order chi connectivity index (χ1) is 14.1. The molecule has 0 aromatic heterocycles. The van der Waals surface area contributed by atoms with Crippen LogP contribution in [0, 0.1) is 34.5 Å². The Labute approximate surface area is 175 Å². The number of hydrogen-bond acceptors (Lipinski definition) is 7. The van der Waals surface area contributed by atoms with Crippen LogP contribution >= 0.6 is 0 Å². The minimum absolute atomic E-state index is 0.00371. The fourth-order valence-corrected chi connectivity index (χ4v) is 7.10. The van der Waals surface area contributed by atoms with Gasteiger partial charge in [-0.1, -0.05) is 12.5 Å². The van der Waals surface area contributed by atoms with Crippen molar-refractivity contribution in [3.8, 4) is 0 Å². The van der Waals surface area contributed by atoms with Crippen LogP contribution in [0.25, 0.3) is 0 Å². The Kier molecular flexibility index (Phi) is 5.18. The summed E-state index contributed by atoms with van der Waals surface area (Å²) in [5.41, 5.74) is -0.171. The van der Waals surface area contributed by atoms with Gasteiger partial charge >= 0.3 is 5.97 Å². The number of carbonyl (C=O) groups is 3. The number of ketones is 2. The van der Waals surface area contributed by atoms with Crippen LogP contribution in [0.4, 0.5) is 0 Å². The maximum atomic E-state index is 12.8. The Balaban J connectivity index is 1.60. The number of esters is 1. The van der Waals surface area contributed by atoms with E-state index in [1.165, 1.54) is 6.08 Å². The first-order valence-corrected chi connectivity index (χ1v) is 10.8. The number of carbonyl (C=O) groups excluding carboxylic acids is 3. The van der Waals surface area contributed by atoms with E-state index in [2.05, 4.69) is 6.92 Å². The quantitative estimate of drug-likeness (QED) is 0.596. The van der Waals surface area contributed by atoms with Gasteiger partial charge in [0.2, 0.25) is 0 Å². The lowest BCUT2D eigenvalue weighted by Gasteiger charge is -2.58. The summed E-state index contributed by atoms with van der Waals surface area (Å²) in [4.78, 5) is 36.0. The highest BCUT2D eigenvalue weighted by atomic mass is 16.5. The summed E-state index contributed by atoms with van der Waals surface area (Å²) < 4.78 is 4.86. The van der Waals surface area contributed by atoms with Gasteiger partial charge in [0, 0.05) is 17.4 Å². The predicted molar refractivity (Wildman–Crippen MR) is 106 cm³/mol. The molecule has 0 heterocycles. The predicted octanol–water partition coefficient (Wildman–Crippen LogP) is 1.87. The molecule has 4 aliphatic rings. The van der Waals surface area contributed by atoms with E-state index in [-0.39, 0.29) is 53.0 Å². The van der Waals surface area contributed by atoms with Crippen LogP contribution in [0.2, 0.25) is 0 Å². The van der Waals surface area contributed by atoms with Crippen LogP contribution in [0.15, 0.2) is 23.5 Å². The number of hydrogen-bond donors (Lipinski definition) is 3. The van der Waals surface area contributed by atoms with E-state index in [1.54, 1.807) is 6.08 Å². The molecule has 0 aromatic carbocycles. The molecular formula is C23H30O7. The molecule has 1 unspecified atom stereocenters. The van der Waals surface area contributed by atoms with Gasteiger partial charge in [-0.3, -0.25) is 9.59 Å². The van der Waals surface area contributed by atoms with Crippen LogP contribution in [-0.4, -0.2) is 52.2 Å². The zero-order chi connectivity index (χ0) is 21.8. The van der Waals surface area contributed by atoms with Crippen LogP contribution in [0.3, 0.4) is 0 Å². The molecule has 7 heteroatoms. The topological polar surface area (TPSA) is 121 Å².